The molecule has 35 heavy (non-hydrogen) atoms. The number of nitrogens with zero attached hydrogens (tertiary/aromatic N) is 4. The Kier molecular flexibility index (Phi) is 5.66. The topological polar surface area (TPSA) is 105 Å². The van der Waals surface area contributed by atoms with Crippen LogP contribution in [0.2, 0.25) is 10.0 Å². The standard InChI is InChI=1S/C24H16Cl2N4O5/c1-35-17-9-7-14(8-10-17)28-23(31)20-21(18-11-2-13(25)12-19(18)26)27-29(22(20)24(28)32)15-3-5-16(6-4-15)30(33)34/h2-12,20,22H,1H3/t20-,22-/m0/s1. The normalized spacial score (nSPS) is 19.1. The minimum Gasteiger partial charge on any atom is -0.497 e. The van der Waals surface area contributed by atoms with Crippen molar-refractivity contribution in [3.63, 3.8) is 0 Å². The van der Waals surface area contributed by atoms with Crippen molar-refractivity contribution in [2.75, 3.05) is 17.0 Å². The highest BCUT2D eigenvalue weighted by Crippen LogP contribution is 2.41. The molecule has 3 aromatic carbocycles. The second kappa shape index (κ2) is 8.68. The number of halogens is 2. The fourth-order valence-electron chi connectivity index (χ4n) is 4.26. The van der Waals surface area contributed by atoms with Gasteiger partial charge >= 0.3 is 0 Å². The molecular formula is C24H16Cl2N4O5. The fourth-order valence-corrected chi connectivity index (χ4v) is 4.77. The number of imide groups is 1. The van der Waals surface area contributed by atoms with Crippen LogP contribution in [0.5, 0.6) is 5.75 Å². The predicted octanol–water partition coefficient (Wildman–Crippen LogP) is 4.69. The van der Waals surface area contributed by atoms with E-state index in [1.165, 1.54) is 42.5 Å². The van der Waals surface area contributed by atoms with Gasteiger partial charge < -0.3 is 4.74 Å². The van der Waals surface area contributed by atoms with Crippen molar-refractivity contribution in [2.45, 2.75) is 6.04 Å². The Hall–Kier alpha value is -3.95. The number of hydrogen-bond donors (Lipinski definition) is 0. The largest absolute Gasteiger partial charge is 0.497 e. The van der Waals surface area contributed by atoms with Crippen LogP contribution in [0.1, 0.15) is 5.56 Å². The number of non-ortho nitro benzene ring substituents is 1. The highest BCUT2D eigenvalue weighted by Gasteiger charge is 2.57. The minimum absolute atomic E-state index is 0.108. The molecular weight excluding hydrogens is 495 g/mol. The Morgan fingerprint density at radius 3 is 2.20 bits per heavy atom. The van der Waals surface area contributed by atoms with Crippen molar-refractivity contribution >= 4 is 57.8 Å². The quantitative estimate of drug-likeness (QED) is 0.280. The summed E-state index contributed by atoms with van der Waals surface area (Å²) in [5.74, 6) is -1.30. The fraction of sp³-hybridized carbons (Fsp3) is 0.125. The Morgan fingerprint density at radius 1 is 0.943 bits per heavy atom. The van der Waals surface area contributed by atoms with Gasteiger partial charge in [0.2, 0.25) is 5.91 Å². The van der Waals surface area contributed by atoms with E-state index in [0.29, 0.717) is 33.4 Å². The molecule has 0 aromatic heterocycles. The maximum Gasteiger partial charge on any atom is 0.269 e. The number of anilines is 2. The molecule has 0 unspecified atom stereocenters. The first-order chi connectivity index (χ1) is 16.8. The highest BCUT2D eigenvalue weighted by molar-refractivity contribution is 6.40. The number of benzene rings is 3. The van der Waals surface area contributed by atoms with Crippen LogP contribution in [-0.4, -0.2) is 35.6 Å². The third kappa shape index (κ3) is 3.78. The van der Waals surface area contributed by atoms with Gasteiger partial charge in [0, 0.05) is 22.7 Å². The lowest BCUT2D eigenvalue weighted by molar-refractivity contribution is -0.384. The monoisotopic (exact) mass is 510 g/mol. The van der Waals surface area contributed by atoms with Crippen LogP contribution in [-0.2, 0) is 9.59 Å². The summed E-state index contributed by atoms with van der Waals surface area (Å²) in [7, 11) is 1.52. The molecule has 0 saturated carbocycles. The Morgan fingerprint density at radius 2 is 1.60 bits per heavy atom. The summed E-state index contributed by atoms with van der Waals surface area (Å²) >= 11 is 12.5. The van der Waals surface area contributed by atoms with Gasteiger partial charge in [-0.15, -0.1) is 0 Å². The molecule has 5 rings (SSSR count). The number of nitro benzene ring substituents is 1. The van der Waals surface area contributed by atoms with Gasteiger partial charge in [0.15, 0.2) is 0 Å². The molecule has 176 valence electrons. The Bertz CT molecular complexity index is 1390. The summed E-state index contributed by atoms with van der Waals surface area (Å²) in [6, 6.07) is 16.0. The summed E-state index contributed by atoms with van der Waals surface area (Å²) in [5.41, 5.74) is 1.48. The van der Waals surface area contributed by atoms with E-state index in [9.17, 15) is 19.7 Å². The van der Waals surface area contributed by atoms with Crippen LogP contribution >= 0.6 is 23.2 Å². The van der Waals surface area contributed by atoms with Crippen molar-refractivity contribution in [3.8, 4) is 5.75 Å². The van der Waals surface area contributed by atoms with Crippen molar-refractivity contribution in [1.29, 1.82) is 0 Å². The first-order valence-electron chi connectivity index (χ1n) is 10.4. The van der Waals surface area contributed by atoms with Gasteiger partial charge in [0.1, 0.15) is 17.7 Å². The van der Waals surface area contributed by atoms with E-state index in [1.807, 2.05) is 0 Å². The second-order valence-electron chi connectivity index (χ2n) is 7.86. The molecule has 2 aliphatic rings. The summed E-state index contributed by atoms with van der Waals surface area (Å²) in [4.78, 5) is 38.9. The van der Waals surface area contributed by atoms with Gasteiger partial charge in [0.25, 0.3) is 11.6 Å². The van der Waals surface area contributed by atoms with Gasteiger partial charge in [-0.25, -0.2) is 4.90 Å². The lowest BCUT2D eigenvalue weighted by atomic mass is 9.92. The van der Waals surface area contributed by atoms with E-state index in [0.717, 1.165) is 4.90 Å². The molecule has 0 N–H and O–H groups in total. The number of ether oxygens (including phenoxy) is 1. The first-order valence-corrected chi connectivity index (χ1v) is 11.1. The number of hydrazone groups is 1. The minimum atomic E-state index is -0.993. The van der Waals surface area contributed by atoms with Crippen molar-refractivity contribution in [2.24, 2.45) is 11.0 Å². The highest BCUT2D eigenvalue weighted by atomic mass is 35.5. The van der Waals surface area contributed by atoms with E-state index >= 15 is 0 Å². The van der Waals surface area contributed by atoms with Gasteiger partial charge in [0.05, 0.1) is 34.1 Å². The molecule has 2 atom stereocenters. The van der Waals surface area contributed by atoms with E-state index in [1.54, 1.807) is 36.4 Å². The summed E-state index contributed by atoms with van der Waals surface area (Å²) in [6.45, 7) is 0. The average Bonchev–Trinajstić information content (AvgIpc) is 3.36. The van der Waals surface area contributed by atoms with Crippen LogP contribution in [0.4, 0.5) is 17.1 Å². The number of rotatable bonds is 5. The van der Waals surface area contributed by atoms with Crippen LogP contribution < -0.4 is 14.6 Å². The number of carbonyl (C=O) groups excluding carboxylic acids is 2. The smallest absolute Gasteiger partial charge is 0.269 e. The van der Waals surface area contributed by atoms with E-state index in [4.69, 9.17) is 27.9 Å². The molecule has 1 saturated heterocycles. The second-order valence-corrected chi connectivity index (χ2v) is 8.70. The lowest BCUT2D eigenvalue weighted by Crippen LogP contribution is -2.39. The lowest BCUT2D eigenvalue weighted by Gasteiger charge is -2.22. The van der Waals surface area contributed by atoms with Crippen molar-refractivity contribution in [3.05, 3.63) is 92.5 Å². The summed E-state index contributed by atoms with van der Waals surface area (Å²) in [6.07, 6.45) is 0. The van der Waals surface area contributed by atoms with Crippen molar-refractivity contribution in [1.82, 2.24) is 0 Å². The molecule has 0 bridgehead atoms. The molecule has 0 spiro atoms. The van der Waals surface area contributed by atoms with Crippen molar-refractivity contribution < 1.29 is 19.2 Å². The molecule has 9 nitrogen and oxygen atoms in total. The SMILES string of the molecule is COc1ccc(N2C(=O)[C@H]3C(c4ccc(Cl)cc4Cl)=NN(c4ccc([N+](=O)[O-])cc4)[C@@H]3C2=O)cc1. The maximum absolute atomic E-state index is 13.6. The molecule has 3 aromatic rings. The first kappa shape index (κ1) is 22.8. The van der Waals surface area contributed by atoms with Gasteiger partial charge in [-0.05, 0) is 48.5 Å². The van der Waals surface area contributed by atoms with E-state index < -0.39 is 28.7 Å². The zero-order valence-corrected chi connectivity index (χ0v) is 19.6. The molecule has 0 aliphatic carbocycles. The van der Waals surface area contributed by atoms with Gasteiger partial charge in [-0.3, -0.25) is 24.7 Å². The third-order valence-electron chi connectivity index (χ3n) is 5.91. The van der Waals surface area contributed by atoms with Crippen LogP contribution in [0, 0.1) is 16.0 Å². The van der Waals surface area contributed by atoms with E-state index in [2.05, 4.69) is 5.10 Å². The molecule has 2 heterocycles. The number of hydrogen-bond acceptors (Lipinski definition) is 7. The van der Waals surface area contributed by atoms with Gasteiger partial charge in [-0.1, -0.05) is 29.3 Å². The van der Waals surface area contributed by atoms with Crippen LogP contribution in [0.25, 0.3) is 0 Å². The maximum atomic E-state index is 13.6. The molecule has 2 amide bonds. The zero-order valence-electron chi connectivity index (χ0n) is 18.1. The molecule has 2 aliphatic heterocycles. The third-order valence-corrected chi connectivity index (χ3v) is 6.46. The van der Waals surface area contributed by atoms with E-state index in [-0.39, 0.29) is 10.7 Å². The number of nitro groups is 1. The molecule has 1 fully saturated rings. The van der Waals surface area contributed by atoms with Gasteiger partial charge in [-0.2, -0.15) is 5.10 Å². The number of amides is 2. The summed E-state index contributed by atoms with van der Waals surface area (Å²) in [5, 5.41) is 17.8. The zero-order chi connectivity index (χ0) is 24.9. The van der Waals surface area contributed by atoms with Crippen LogP contribution in [0.15, 0.2) is 71.8 Å². The predicted molar refractivity (Wildman–Crippen MR) is 131 cm³/mol. The average molecular weight is 511 g/mol. The summed E-state index contributed by atoms with van der Waals surface area (Å²) < 4.78 is 5.17. The Balaban J connectivity index is 1.62. The molecule has 11 heteroatoms. The number of methoxy groups -OCH3 is 1. The number of carbonyl (C=O) groups is 2. The van der Waals surface area contributed by atoms with Crippen LogP contribution in [0.3, 0.4) is 0 Å². The molecule has 0 radical (unpaired) electrons. The number of fused-ring (bicyclic) bond motifs is 1. The Labute approximate surface area is 209 Å².